The van der Waals surface area contributed by atoms with Crippen molar-refractivity contribution in [2.75, 3.05) is 13.2 Å². The Hall–Kier alpha value is -2.44. The van der Waals surface area contributed by atoms with Crippen molar-refractivity contribution in [3.63, 3.8) is 0 Å². The van der Waals surface area contributed by atoms with Gasteiger partial charge in [-0.3, -0.25) is 9.59 Å². The van der Waals surface area contributed by atoms with Crippen LogP contribution in [-0.4, -0.2) is 47.4 Å². The lowest BCUT2D eigenvalue weighted by Crippen LogP contribution is -2.45. The van der Waals surface area contributed by atoms with E-state index in [1.165, 1.54) is 321 Å². The average Bonchev–Trinajstić information content (AvgIpc) is 3.52. The first-order chi connectivity index (χ1) is 42.0. The minimum Gasteiger partial charge on any atom is -0.466 e. The third-order valence-corrected chi connectivity index (χ3v) is 17.5. The maximum Gasteiger partial charge on any atom is 0.305 e. The largest absolute Gasteiger partial charge is 0.466 e. The van der Waals surface area contributed by atoms with Crippen LogP contribution in [0.2, 0.25) is 0 Å². The molecule has 6 nitrogen and oxygen atoms in total. The molecular formula is C79H147NO5. The van der Waals surface area contributed by atoms with Gasteiger partial charge in [0.25, 0.3) is 0 Å². The highest BCUT2D eigenvalue weighted by Crippen LogP contribution is 2.18. The van der Waals surface area contributed by atoms with Crippen molar-refractivity contribution in [2.45, 2.75) is 418 Å². The molecule has 0 rings (SSSR count). The van der Waals surface area contributed by atoms with Crippen molar-refractivity contribution in [3.8, 4) is 0 Å². The summed E-state index contributed by atoms with van der Waals surface area (Å²) >= 11 is 0. The van der Waals surface area contributed by atoms with Crippen LogP contribution in [0.4, 0.5) is 0 Å². The summed E-state index contributed by atoms with van der Waals surface area (Å²) in [5.41, 5.74) is 0. The topological polar surface area (TPSA) is 95.9 Å². The molecule has 3 N–H and O–H groups in total. The van der Waals surface area contributed by atoms with Crippen molar-refractivity contribution in [3.05, 3.63) is 60.8 Å². The average molecular weight is 1190 g/mol. The number of ether oxygens (including phenoxy) is 1. The second-order valence-electron chi connectivity index (χ2n) is 26.0. The second-order valence-corrected chi connectivity index (χ2v) is 26.0. The number of allylic oxidation sites excluding steroid dienone is 9. The zero-order valence-electron chi connectivity index (χ0n) is 57.1. The van der Waals surface area contributed by atoms with Crippen molar-refractivity contribution < 1.29 is 24.5 Å². The summed E-state index contributed by atoms with van der Waals surface area (Å²) in [7, 11) is 0. The normalized spacial score (nSPS) is 12.8. The standard InChI is InChI=1S/C79H147NO5/c1-3-5-7-9-11-13-15-17-19-20-41-45-49-53-57-61-65-69-73-79(84)85-74-70-66-62-58-54-50-46-42-39-37-35-33-31-29-27-25-23-21-22-24-26-28-30-32-34-36-38-40-44-48-52-56-60-64-68-72-78(83)80-76(75-81)77(82)71-67-63-59-55-51-47-43-18-16-14-12-10-8-6-4-2/h13,15,19-20,23,25,29,31,67,71,76-77,81-82H,3-12,14,16-18,21-22,24,26-28,30,32-66,68-70,72-75H2,1-2H3,(H,80,83)/b15-13-,20-19-,25-23-,31-29-,71-67+. The van der Waals surface area contributed by atoms with Gasteiger partial charge >= 0.3 is 5.97 Å². The number of carbonyl (C=O) groups excluding carboxylic acids is 2. The maximum atomic E-state index is 12.5. The Morgan fingerprint density at radius 2 is 0.588 bits per heavy atom. The number of aliphatic hydroxyl groups is 2. The number of aliphatic hydroxyl groups excluding tert-OH is 2. The molecule has 1 amide bonds. The van der Waals surface area contributed by atoms with Gasteiger partial charge in [-0.2, -0.15) is 0 Å². The number of nitrogens with one attached hydrogen (secondary N) is 1. The van der Waals surface area contributed by atoms with Crippen LogP contribution >= 0.6 is 0 Å². The Kier molecular flexibility index (Phi) is 71.9. The van der Waals surface area contributed by atoms with Gasteiger partial charge in [-0.05, 0) is 96.3 Å². The molecule has 0 saturated carbocycles. The minimum atomic E-state index is -0.843. The summed E-state index contributed by atoms with van der Waals surface area (Å²) < 4.78 is 5.50. The first-order valence-corrected chi connectivity index (χ1v) is 38.1. The summed E-state index contributed by atoms with van der Waals surface area (Å²) in [6.07, 6.45) is 99.0. The number of rotatable bonds is 71. The molecule has 498 valence electrons. The van der Waals surface area contributed by atoms with Crippen molar-refractivity contribution in [2.24, 2.45) is 0 Å². The number of hydrogen-bond donors (Lipinski definition) is 3. The van der Waals surface area contributed by atoms with E-state index in [1.54, 1.807) is 6.08 Å². The van der Waals surface area contributed by atoms with E-state index in [9.17, 15) is 19.8 Å². The van der Waals surface area contributed by atoms with Crippen LogP contribution in [-0.2, 0) is 14.3 Å². The molecule has 2 unspecified atom stereocenters. The van der Waals surface area contributed by atoms with Gasteiger partial charge < -0.3 is 20.3 Å². The molecule has 0 heterocycles. The zero-order valence-corrected chi connectivity index (χ0v) is 57.1. The van der Waals surface area contributed by atoms with Crippen LogP contribution in [0.5, 0.6) is 0 Å². The summed E-state index contributed by atoms with van der Waals surface area (Å²) in [6.45, 7) is 4.91. The number of hydrogen-bond acceptors (Lipinski definition) is 5. The molecular weight excluding hydrogens is 1040 g/mol. The summed E-state index contributed by atoms with van der Waals surface area (Å²) in [6, 6.07) is -0.627. The molecule has 85 heavy (non-hydrogen) atoms. The molecule has 0 saturated heterocycles. The Morgan fingerprint density at radius 3 is 0.906 bits per heavy atom. The molecule has 0 aliphatic carbocycles. The molecule has 0 aliphatic rings. The quantitative estimate of drug-likeness (QED) is 0.0320. The first-order valence-electron chi connectivity index (χ1n) is 38.1. The number of carbonyl (C=O) groups is 2. The summed E-state index contributed by atoms with van der Waals surface area (Å²) in [5.74, 6) is -0.0546. The lowest BCUT2D eigenvalue weighted by Gasteiger charge is -2.20. The van der Waals surface area contributed by atoms with E-state index in [1.807, 2.05) is 6.08 Å². The summed E-state index contributed by atoms with van der Waals surface area (Å²) in [5, 5.41) is 23.2. The molecule has 0 aromatic rings. The molecule has 0 aromatic heterocycles. The van der Waals surface area contributed by atoms with Crippen LogP contribution in [0.15, 0.2) is 60.8 Å². The van der Waals surface area contributed by atoms with Crippen LogP contribution < -0.4 is 5.32 Å². The van der Waals surface area contributed by atoms with E-state index >= 15 is 0 Å². The number of esters is 1. The van der Waals surface area contributed by atoms with Gasteiger partial charge in [0.2, 0.25) is 5.91 Å². The van der Waals surface area contributed by atoms with Crippen molar-refractivity contribution in [1.29, 1.82) is 0 Å². The molecule has 0 aliphatic heterocycles. The molecule has 2 atom stereocenters. The van der Waals surface area contributed by atoms with E-state index in [0.717, 1.165) is 57.8 Å². The third-order valence-electron chi connectivity index (χ3n) is 17.5. The van der Waals surface area contributed by atoms with Crippen molar-refractivity contribution in [1.82, 2.24) is 5.32 Å². The fraction of sp³-hybridized carbons (Fsp3) is 0.848. The SMILES string of the molecule is CCCCCC/C=C\C/C=C\CCCCCCCCCC(=O)OCCCCCCCCCCCCC/C=C\C/C=C\CCCCCCCCCCCCCCCCCCCC(=O)NC(CO)C(O)/C=C/CCCCCCCCCCCCCCC. The van der Waals surface area contributed by atoms with E-state index in [0.29, 0.717) is 19.4 Å². The van der Waals surface area contributed by atoms with Crippen molar-refractivity contribution >= 4 is 11.9 Å². The highest BCUT2D eigenvalue weighted by molar-refractivity contribution is 5.76. The van der Waals surface area contributed by atoms with Gasteiger partial charge in [-0.25, -0.2) is 0 Å². The van der Waals surface area contributed by atoms with Gasteiger partial charge in [0.15, 0.2) is 0 Å². The molecule has 0 aromatic carbocycles. The van der Waals surface area contributed by atoms with E-state index < -0.39 is 12.1 Å². The predicted molar refractivity (Wildman–Crippen MR) is 375 cm³/mol. The van der Waals surface area contributed by atoms with E-state index in [4.69, 9.17) is 4.74 Å². The fourth-order valence-corrected chi connectivity index (χ4v) is 11.7. The maximum absolute atomic E-state index is 12.5. The predicted octanol–water partition coefficient (Wildman–Crippen LogP) is 25.0. The van der Waals surface area contributed by atoms with Crippen LogP contribution in [0, 0.1) is 0 Å². The van der Waals surface area contributed by atoms with Crippen LogP contribution in [0.3, 0.4) is 0 Å². The highest BCUT2D eigenvalue weighted by Gasteiger charge is 2.18. The molecule has 6 heteroatoms. The van der Waals surface area contributed by atoms with Gasteiger partial charge in [-0.15, -0.1) is 0 Å². The number of amides is 1. The molecule has 0 bridgehead atoms. The molecule has 0 spiro atoms. The lowest BCUT2D eigenvalue weighted by atomic mass is 10.0. The van der Waals surface area contributed by atoms with Crippen LogP contribution in [0.25, 0.3) is 0 Å². The second kappa shape index (κ2) is 74.0. The van der Waals surface area contributed by atoms with E-state index in [2.05, 4.69) is 67.8 Å². The minimum absolute atomic E-state index is 0.00926. The fourth-order valence-electron chi connectivity index (χ4n) is 11.7. The van der Waals surface area contributed by atoms with Crippen LogP contribution in [0.1, 0.15) is 406 Å². The molecule has 0 radical (unpaired) electrons. The lowest BCUT2D eigenvalue weighted by molar-refractivity contribution is -0.143. The zero-order chi connectivity index (χ0) is 61.3. The van der Waals surface area contributed by atoms with Gasteiger partial charge in [0.1, 0.15) is 0 Å². The van der Waals surface area contributed by atoms with Gasteiger partial charge in [0, 0.05) is 12.8 Å². The Labute approximate surface area is 530 Å². The van der Waals surface area contributed by atoms with Gasteiger partial charge in [0.05, 0.1) is 25.4 Å². The smallest absolute Gasteiger partial charge is 0.305 e. The monoisotopic (exact) mass is 1190 g/mol. The Balaban J connectivity index is 3.38. The molecule has 0 fully saturated rings. The summed E-state index contributed by atoms with van der Waals surface area (Å²) in [4.78, 5) is 24.6. The number of unbranched alkanes of at least 4 members (excludes halogenated alkanes) is 52. The first kappa shape index (κ1) is 82.6. The Bertz CT molecular complexity index is 1470. The van der Waals surface area contributed by atoms with Gasteiger partial charge in [-0.1, -0.05) is 357 Å². The highest BCUT2D eigenvalue weighted by atomic mass is 16.5. The Morgan fingerprint density at radius 1 is 0.329 bits per heavy atom. The third kappa shape index (κ3) is 70.5. The van der Waals surface area contributed by atoms with E-state index in [-0.39, 0.29) is 18.5 Å².